The van der Waals surface area contributed by atoms with Crippen LogP contribution in [-0.4, -0.2) is 53.8 Å². The van der Waals surface area contributed by atoms with Crippen molar-refractivity contribution in [2.24, 2.45) is 0 Å². The van der Waals surface area contributed by atoms with Crippen LogP contribution in [0.4, 0.5) is 37.2 Å². The summed E-state index contributed by atoms with van der Waals surface area (Å²) in [7, 11) is 1.23. The summed E-state index contributed by atoms with van der Waals surface area (Å²) in [6.07, 6.45) is -0.934. The number of nitriles is 1. The second kappa shape index (κ2) is 16.3. The first kappa shape index (κ1) is 37.6. The first-order chi connectivity index (χ1) is 22.4. The summed E-state index contributed by atoms with van der Waals surface area (Å²) in [5, 5.41) is 11.8. The molecule has 2 aromatic carbocycles. The maximum Gasteiger partial charge on any atom is 0.417 e. The molecule has 0 amide bonds. The number of fused-ring (bicyclic) bond motifs is 3. The van der Waals surface area contributed by atoms with Crippen LogP contribution in [0.1, 0.15) is 71.4 Å². The Bertz CT molecular complexity index is 1710. The van der Waals surface area contributed by atoms with Gasteiger partial charge in [0.15, 0.2) is 5.82 Å². The molecule has 0 aliphatic carbocycles. The number of thiophene rings is 1. The Hall–Kier alpha value is -3.83. The number of nitrogens with one attached hydrogen (secondary N) is 1. The van der Waals surface area contributed by atoms with Gasteiger partial charge in [-0.15, -0.1) is 11.3 Å². The van der Waals surface area contributed by atoms with Crippen LogP contribution in [-0.2, 0) is 6.18 Å². The molecule has 0 saturated carbocycles. The molecule has 2 aromatic heterocycles. The Balaban J connectivity index is 0.000000356. The summed E-state index contributed by atoms with van der Waals surface area (Å²) in [5.41, 5.74) is 2.59. The Morgan fingerprint density at radius 1 is 1.17 bits per heavy atom. The summed E-state index contributed by atoms with van der Waals surface area (Å²) in [6.45, 7) is 12.1. The van der Waals surface area contributed by atoms with E-state index in [1.54, 1.807) is 13.0 Å². The van der Waals surface area contributed by atoms with Crippen LogP contribution in [0.2, 0.25) is 0 Å². The fraction of sp³-hybridized carbons (Fsp3) is 0.485. The van der Waals surface area contributed by atoms with Gasteiger partial charge in [0.05, 0.1) is 22.9 Å². The number of anilines is 2. The van der Waals surface area contributed by atoms with Crippen molar-refractivity contribution in [3.63, 3.8) is 0 Å². The molecule has 2 saturated heterocycles. The standard InChI is InChI=1S/C21H14F5N5OS.C7H12FN.C3H8.C2H6/c1-3-29-19-9-6-11(21(24,25)26)14(15(23)16(9)30-20(31-19)32-2)8-4-5-12(22)17-13(8)10(7-27)18(28)33-17;8-6-4-7-2-1-3-9(7)5-6;1-3-2;1-2/h4-6H,3,28H2,1-2H3,(H,29,30,31);6-7H,1-5H2;3H2,1-2H3;1-2H3. The molecular formula is C33H40F6N6OS. The van der Waals surface area contributed by atoms with Crippen molar-refractivity contribution in [2.75, 3.05) is 37.8 Å². The molecule has 4 aromatic rings. The first-order valence-corrected chi connectivity index (χ1v) is 16.4. The number of hydrogen-bond donors (Lipinski definition) is 2. The van der Waals surface area contributed by atoms with Crippen LogP contribution < -0.4 is 15.8 Å². The normalized spacial score (nSPS) is 17.1. The number of hydrogen-bond acceptors (Lipinski definition) is 8. The molecule has 3 N–H and O–H groups in total. The second-order valence-electron chi connectivity index (χ2n) is 10.7. The zero-order chi connectivity index (χ0) is 35.1. The van der Waals surface area contributed by atoms with Gasteiger partial charge in [0.1, 0.15) is 34.4 Å². The van der Waals surface area contributed by atoms with Crippen LogP contribution in [0, 0.1) is 23.0 Å². The topological polar surface area (TPSA) is 100 Å². The molecule has 2 fully saturated rings. The predicted molar refractivity (Wildman–Crippen MR) is 177 cm³/mol. The number of nitrogens with two attached hydrogens (primary N) is 1. The summed E-state index contributed by atoms with van der Waals surface area (Å²) < 4.78 is 90.2. The Morgan fingerprint density at radius 3 is 2.43 bits per heavy atom. The predicted octanol–water partition coefficient (Wildman–Crippen LogP) is 9.34. The fourth-order valence-corrected chi connectivity index (χ4v) is 6.57. The molecule has 2 unspecified atom stereocenters. The number of alkyl halides is 4. The largest absolute Gasteiger partial charge is 0.467 e. The molecule has 2 aliphatic rings. The van der Waals surface area contributed by atoms with Gasteiger partial charge in [0, 0.05) is 35.5 Å². The van der Waals surface area contributed by atoms with Gasteiger partial charge in [-0.1, -0.05) is 40.2 Å². The highest BCUT2D eigenvalue weighted by Gasteiger charge is 2.38. The number of benzene rings is 2. The molecular weight excluding hydrogens is 642 g/mol. The number of ether oxygens (including phenoxy) is 1. The molecule has 47 heavy (non-hydrogen) atoms. The number of nitrogen functional groups attached to an aromatic ring is 1. The van der Waals surface area contributed by atoms with Crippen molar-refractivity contribution in [3.8, 4) is 23.2 Å². The van der Waals surface area contributed by atoms with Gasteiger partial charge >= 0.3 is 12.2 Å². The van der Waals surface area contributed by atoms with E-state index in [1.165, 1.54) is 26.4 Å². The third-order valence-corrected chi connectivity index (χ3v) is 8.43. The van der Waals surface area contributed by atoms with Gasteiger partial charge in [-0.3, -0.25) is 4.90 Å². The lowest BCUT2D eigenvalue weighted by Gasteiger charge is -2.18. The van der Waals surface area contributed by atoms with E-state index in [9.17, 15) is 27.2 Å². The molecule has 0 radical (unpaired) electrons. The SMILES string of the molecule is CC.CCC.CCNc1nc(OC)nc2c(F)c(-c3ccc(F)c4sc(N)c(C#N)c34)c(C(F)(F)F)cc12.FC1CC2CCCN2C1. The van der Waals surface area contributed by atoms with E-state index in [2.05, 4.69) is 34.0 Å². The number of aromatic nitrogens is 2. The molecule has 6 rings (SSSR count). The first-order valence-electron chi connectivity index (χ1n) is 15.6. The van der Waals surface area contributed by atoms with Crippen molar-refractivity contribution in [1.29, 1.82) is 5.26 Å². The van der Waals surface area contributed by atoms with Crippen molar-refractivity contribution >= 4 is 43.1 Å². The smallest absolute Gasteiger partial charge is 0.417 e. The van der Waals surface area contributed by atoms with Crippen LogP contribution in [0.15, 0.2) is 18.2 Å². The number of nitrogens with zero attached hydrogens (tertiary/aromatic N) is 4. The van der Waals surface area contributed by atoms with Gasteiger partial charge < -0.3 is 15.8 Å². The molecule has 14 heteroatoms. The molecule has 0 spiro atoms. The van der Waals surface area contributed by atoms with E-state index < -0.39 is 40.6 Å². The highest BCUT2D eigenvalue weighted by atomic mass is 32.1. The quantitative estimate of drug-likeness (QED) is 0.207. The highest BCUT2D eigenvalue weighted by molar-refractivity contribution is 7.23. The summed E-state index contributed by atoms with van der Waals surface area (Å²) in [5.74, 6) is -2.15. The molecule has 2 atom stereocenters. The average molecular weight is 683 g/mol. The molecule has 4 heterocycles. The van der Waals surface area contributed by atoms with Gasteiger partial charge in [-0.25, -0.2) is 13.2 Å². The average Bonchev–Trinajstić information content (AvgIpc) is 3.72. The monoisotopic (exact) mass is 682 g/mol. The molecule has 0 bridgehead atoms. The van der Waals surface area contributed by atoms with Crippen molar-refractivity contribution in [1.82, 2.24) is 14.9 Å². The highest BCUT2D eigenvalue weighted by Crippen LogP contribution is 2.47. The molecule has 256 valence electrons. The third-order valence-electron chi connectivity index (χ3n) is 7.40. The van der Waals surface area contributed by atoms with E-state index in [0.29, 0.717) is 23.9 Å². The third kappa shape index (κ3) is 8.01. The number of rotatable bonds is 4. The van der Waals surface area contributed by atoms with E-state index in [1.807, 2.05) is 13.8 Å². The minimum Gasteiger partial charge on any atom is -0.467 e. The Kier molecular flexibility index (Phi) is 13.1. The zero-order valence-electron chi connectivity index (χ0n) is 27.3. The van der Waals surface area contributed by atoms with E-state index in [0.717, 1.165) is 31.2 Å². The van der Waals surface area contributed by atoms with Crippen LogP contribution in [0.25, 0.3) is 32.1 Å². The Morgan fingerprint density at radius 2 is 1.85 bits per heavy atom. The van der Waals surface area contributed by atoms with Crippen LogP contribution in [0.3, 0.4) is 0 Å². The molecule has 7 nitrogen and oxygen atoms in total. The summed E-state index contributed by atoms with van der Waals surface area (Å²) in [4.78, 5) is 10.2. The summed E-state index contributed by atoms with van der Waals surface area (Å²) >= 11 is 0.698. The van der Waals surface area contributed by atoms with Crippen molar-refractivity contribution in [3.05, 3.63) is 41.0 Å². The minimum atomic E-state index is -5.00. The van der Waals surface area contributed by atoms with Crippen molar-refractivity contribution < 1.29 is 31.1 Å². The van der Waals surface area contributed by atoms with Gasteiger partial charge in [0.25, 0.3) is 0 Å². The minimum absolute atomic E-state index is 0.0444. The lowest BCUT2D eigenvalue weighted by atomic mass is 9.92. The maximum absolute atomic E-state index is 15.9. The lowest BCUT2D eigenvalue weighted by Crippen LogP contribution is -2.22. The zero-order valence-corrected chi connectivity index (χ0v) is 28.1. The Labute approximate surface area is 274 Å². The second-order valence-corrected chi connectivity index (χ2v) is 11.7. The van der Waals surface area contributed by atoms with E-state index >= 15 is 4.39 Å². The summed E-state index contributed by atoms with van der Waals surface area (Å²) in [6, 6.07) is 4.75. The fourth-order valence-electron chi connectivity index (χ4n) is 5.62. The number of halogens is 6. The van der Waals surface area contributed by atoms with E-state index in [4.69, 9.17) is 10.5 Å². The van der Waals surface area contributed by atoms with Crippen LogP contribution >= 0.6 is 11.3 Å². The number of methoxy groups -OCH3 is 1. The maximum atomic E-state index is 15.9. The van der Waals surface area contributed by atoms with Gasteiger partial charge in [0.2, 0.25) is 0 Å². The van der Waals surface area contributed by atoms with Crippen molar-refractivity contribution in [2.45, 2.75) is 78.7 Å². The van der Waals surface area contributed by atoms with E-state index in [-0.39, 0.29) is 50.0 Å². The lowest BCUT2D eigenvalue weighted by molar-refractivity contribution is -0.137. The molecule has 2 aliphatic heterocycles. The van der Waals surface area contributed by atoms with Gasteiger partial charge in [-0.2, -0.15) is 28.4 Å². The van der Waals surface area contributed by atoms with Gasteiger partial charge in [-0.05, 0) is 50.4 Å². The van der Waals surface area contributed by atoms with Crippen LogP contribution in [0.5, 0.6) is 6.01 Å².